The number of carbonyl (C=O) groups excluding carboxylic acids is 2. The van der Waals surface area contributed by atoms with Crippen molar-refractivity contribution in [1.29, 1.82) is 0 Å². The second-order valence-corrected chi connectivity index (χ2v) is 6.32. The highest BCUT2D eigenvalue weighted by Crippen LogP contribution is 2.22. The number of carbonyl (C=O) groups is 2. The second-order valence-electron chi connectivity index (χ2n) is 6.32. The number of H-pyrrole nitrogens is 1. The summed E-state index contributed by atoms with van der Waals surface area (Å²) < 4.78 is 14.4. The maximum atomic E-state index is 14.4. The Morgan fingerprint density at radius 3 is 2.66 bits per heavy atom. The summed E-state index contributed by atoms with van der Waals surface area (Å²) in [4.78, 5) is 32.7. The van der Waals surface area contributed by atoms with Crippen molar-refractivity contribution in [3.8, 4) is 0 Å². The Kier molecular flexibility index (Phi) is 4.75. The Labute approximate surface area is 165 Å². The molecule has 1 aromatic heterocycles. The molecule has 4 rings (SSSR count). The number of nitrogens with zero attached hydrogens (tertiary/aromatic N) is 1. The van der Waals surface area contributed by atoms with Gasteiger partial charge in [-0.1, -0.05) is 43.0 Å². The van der Waals surface area contributed by atoms with Crippen LogP contribution in [0.25, 0.3) is 17.1 Å². The van der Waals surface area contributed by atoms with Gasteiger partial charge in [0.25, 0.3) is 5.91 Å². The number of amides is 1. The number of aromatic nitrogens is 2. The van der Waals surface area contributed by atoms with Gasteiger partial charge in [0.2, 0.25) is 0 Å². The first-order valence-corrected chi connectivity index (χ1v) is 8.80. The van der Waals surface area contributed by atoms with Crippen molar-refractivity contribution in [2.75, 3.05) is 5.32 Å². The van der Waals surface area contributed by atoms with Crippen LogP contribution in [0.1, 0.15) is 31.8 Å². The second kappa shape index (κ2) is 7.52. The predicted molar refractivity (Wildman–Crippen MR) is 109 cm³/mol. The van der Waals surface area contributed by atoms with E-state index in [1.165, 1.54) is 18.2 Å². The van der Waals surface area contributed by atoms with Crippen LogP contribution in [0.3, 0.4) is 0 Å². The minimum absolute atomic E-state index is 0.0177. The van der Waals surface area contributed by atoms with Crippen LogP contribution in [-0.2, 0) is 0 Å². The van der Waals surface area contributed by atoms with Gasteiger partial charge in [-0.2, -0.15) is 0 Å². The fraction of sp³-hybridized carbons (Fsp3) is 0. The highest BCUT2D eigenvalue weighted by molar-refractivity contribution is 6.18. The minimum Gasteiger partial charge on any atom is -0.335 e. The molecule has 1 heterocycles. The molecule has 0 aliphatic carbocycles. The van der Waals surface area contributed by atoms with Gasteiger partial charge >= 0.3 is 0 Å². The number of rotatable bonds is 5. The van der Waals surface area contributed by atoms with E-state index in [1.54, 1.807) is 48.5 Å². The number of nitrogens with one attached hydrogen (secondary N) is 2. The number of hydrogen-bond acceptors (Lipinski definition) is 3. The highest BCUT2D eigenvalue weighted by Gasteiger charge is 2.20. The molecule has 5 nitrogen and oxygen atoms in total. The number of aromatic amines is 1. The molecular formula is C23H15FN3O2. The molecule has 2 N–H and O–H groups in total. The summed E-state index contributed by atoms with van der Waals surface area (Å²) in [6, 6.07) is 16.0. The SMILES string of the molecule is C=Cc1cccc(NC(=O)c2ccccc2C(=O)c2ccc3n[c][nH]c3c2)c1F. The van der Waals surface area contributed by atoms with Crippen molar-refractivity contribution in [3.63, 3.8) is 0 Å². The van der Waals surface area contributed by atoms with Crippen LogP contribution >= 0.6 is 0 Å². The molecule has 0 unspecified atom stereocenters. The summed E-state index contributed by atoms with van der Waals surface area (Å²) in [7, 11) is 0. The summed E-state index contributed by atoms with van der Waals surface area (Å²) in [6.45, 7) is 3.55. The third-order valence-corrected chi connectivity index (χ3v) is 4.54. The zero-order chi connectivity index (χ0) is 20.4. The van der Waals surface area contributed by atoms with E-state index < -0.39 is 11.7 Å². The van der Waals surface area contributed by atoms with Crippen molar-refractivity contribution in [1.82, 2.24) is 9.97 Å². The van der Waals surface area contributed by atoms with Crippen LogP contribution in [0.5, 0.6) is 0 Å². The van der Waals surface area contributed by atoms with E-state index in [-0.39, 0.29) is 28.2 Å². The maximum Gasteiger partial charge on any atom is 0.256 e. The van der Waals surface area contributed by atoms with Gasteiger partial charge < -0.3 is 10.3 Å². The molecule has 1 amide bonds. The van der Waals surface area contributed by atoms with Crippen molar-refractivity contribution in [2.24, 2.45) is 0 Å². The molecular weight excluding hydrogens is 369 g/mol. The molecule has 141 valence electrons. The molecule has 29 heavy (non-hydrogen) atoms. The van der Waals surface area contributed by atoms with Crippen molar-refractivity contribution in [3.05, 3.63) is 102 Å². The quantitative estimate of drug-likeness (QED) is 0.493. The minimum atomic E-state index is -0.583. The van der Waals surface area contributed by atoms with Crippen molar-refractivity contribution < 1.29 is 14.0 Å². The fourth-order valence-corrected chi connectivity index (χ4v) is 3.05. The molecule has 0 atom stereocenters. The summed E-state index contributed by atoms with van der Waals surface area (Å²) in [5, 5.41) is 2.54. The molecule has 1 radical (unpaired) electrons. The zero-order valence-corrected chi connectivity index (χ0v) is 15.2. The normalized spacial score (nSPS) is 10.7. The van der Waals surface area contributed by atoms with Gasteiger partial charge in [0.15, 0.2) is 17.9 Å². The molecule has 0 aliphatic heterocycles. The number of fused-ring (bicyclic) bond motifs is 1. The van der Waals surface area contributed by atoms with Crippen LogP contribution in [0.15, 0.2) is 67.2 Å². The lowest BCUT2D eigenvalue weighted by Gasteiger charge is -2.11. The Balaban J connectivity index is 1.68. The van der Waals surface area contributed by atoms with Crippen molar-refractivity contribution >= 4 is 34.5 Å². The van der Waals surface area contributed by atoms with Gasteiger partial charge in [0.05, 0.1) is 22.3 Å². The molecule has 0 saturated carbocycles. The van der Waals surface area contributed by atoms with E-state index in [0.717, 1.165) is 0 Å². The Morgan fingerprint density at radius 1 is 1.07 bits per heavy atom. The number of ketones is 1. The third-order valence-electron chi connectivity index (χ3n) is 4.54. The predicted octanol–water partition coefficient (Wildman–Crippen LogP) is 4.63. The average molecular weight is 384 g/mol. The van der Waals surface area contributed by atoms with Crippen molar-refractivity contribution in [2.45, 2.75) is 0 Å². The van der Waals surface area contributed by atoms with E-state index in [0.29, 0.717) is 16.6 Å². The highest BCUT2D eigenvalue weighted by atomic mass is 19.1. The fourth-order valence-electron chi connectivity index (χ4n) is 3.05. The lowest BCUT2D eigenvalue weighted by atomic mass is 9.97. The molecule has 0 bridgehead atoms. The van der Waals surface area contributed by atoms with E-state index in [2.05, 4.69) is 28.2 Å². The van der Waals surface area contributed by atoms with E-state index in [4.69, 9.17) is 0 Å². The zero-order valence-electron chi connectivity index (χ0n) is 15.2. The topological polar surface area (TPSA) is 74.8 Å². The van der Waals surface area contributed by atoms with E-state index in [9.17, 15) is 14.0 Å². The van der Waals surface area contributed by atoms with Gasteiger partial charge in [0, 0.05) is 16.7 Å². The van der Waals surface area contributed by atoms with E-state index >= 15 is 0 Å². The van der Waals surface area contributed by atoms with Gasteiger partial charge in [0.1, 0.15) is 0 Å². The van der Waals surface area contributed by atoms with Crippen LogP contribution in [0.2, 0.25) is 0 Å². The molecule has 4 aromatic rings. The molecule has 0 spiro atoms. The Hall–Kier alpha value is -4.06. The molecule has 6 heteroatoms. The van der Waals surface area contributed by atoms with Gasteiger partial charge in [-0.05, 0) is 30.3 Å². The number of imidazole rings is 1. The summed E-state index contributed by atoms with van der Waals surface area (Å²) in [5.41, 5.74) is 2.41. The van der Waals surface area contributed by atoms with Crippen LogP contribution in [-0.4, -0.2) is 21.7 Å². The first-order chi connectivity index (χ1) is 14.1. The number of anilines is 1. The van der Waals surface area contributed by atoms with Gasteiger partial charge in [-0.15, -0.1) is 0 Å². The van der Waals surface area contributed by atoms with E-state index in [1.807, 2.05) is 0 Å². The monoisotopic (exact) mass is 384 g/mol. The van der Waals surface area contributed by atoms with Crippen LogP contribution in [0, 0.1) is 12.1 Å². The smallest absolute Gasteiger partial charge is 0.256 e. The third kappa shape index (κ3) is 3.43. The lowest BCUT2D eigenvalue weighted by Crippen LogP contribution is -2.17. The lowest BCUT2D eigenvalue weighted by molar-refractivity contribution is 0.0996. The molecule has 0 fully saturated rings. The van der Waals surface area contributed by atoms with Crippen LogP contribution in [0.4, 0.5) is 10.1 Å². The first kappa shape index (κ1) is 18.3. The van der Waals surface area contributed by atoms with Gasteiger partial charge in [-0.25, -0.2) is 9.37 Å². The largest absolute Gasteiger partial charge is 0.335 e. The maximum absolute atomic E-state index is 14.4. The molecule has 0 saturated heterocycles. The molecule has 3 aromatic carbocycles. The Bertz CT molecular complexity index is 1260. The summed E-state index contributed by atoms with van der Waals surface area (Å²) >= 11 is 0. The number of hydrogen-bond donors (Lipinski definition) is 2. The summed E-state index contributed by atoms with van der Waals surface area (Å²) in [5.74, 6) is -1.49. The standard InChI is InChI=1S/C23H15FN3O2/c1-2-14-6-5-9-19(21(14)24)27-23(29)17-8-4-3-7-16(17)22(28)15-10-11-18-20(12-15)26-13-25-18/h2-12H,1H2,(H,25,26)(H,27,29). The number of benzene rings is 3. The number of halogens is 1. The molecule has 0 aliphatic rings. The average Bonchev–Trinajstić information content (AvgIpc) is 3.22. The van der Waals surface area contributed by atoms with Gasteiger partial charge in [-0.3, -0.25) is 9.59 Å². The summed E-state index contributed by atoms with van der Waals surface area (Å²) in [6.07, 6.45) is 3.99. The first-order valence-electron chi connectivity index (χ1n) is 8.80. The van der Waals surface area contributed by atoms with Crippen LogP contribution < -0.4 is 5.32 Å². The Morgan fingerprint density at radius 2 is 1.86 bits per heavy atom.